The van der Waals surface area contributed by atoms with Crippen molar-refractivity contribution in [1.82, 2.24) is 4.90 Å². The Balaban J connectivity index is 1.79. The summed E-state index contributed by atoms with van der Waals surface area (Å²) in [5.41, 5.74) is 1.67. The van der Waals surface area contributed by atoms with Crippen LogP contribution < -0.4 is 4.90 Å². The second kappa shape index (κ2) is 5.62. The maximum Gasteiger partial charge on any atom is 0.123 e. The lowest BCUT2D eigenvalue weighted by molar-refractivity contribution is 0.195. The number of aliphatic hydroxyl groups excluding tert-OH is 1. The van der Waals surface area contributed by atoms with E-state index >= 15 is 0 Å². The van der Waals surface area contributed by atoms with E-state index in [0.717, 1.165) is 18.8 Å². The number of aromatic hydroxyl groups is 1. The molecule has 3 rings (SSSR count). The molecule has 0 aromatic heterocycles. The van der Waals surface area contributed by atoms with E-state index < -0.39 is 6.10 Å². The second-order valence-electron chi connectivity index (χ2n) is 6.05. The van der Waals surface area contributed by atoms with Crippen LogP contribution in [0.1, 0.15) is 37.9 Å². The molecular weight excluding hydrogens is 252 g/mol. The van der Waals surface area contributed by atoms with Crippen LogP contribution in [-0.4, -0.2) is 47.3 Å². The van der Waals surface area contributed by atoms with E-state index in [1.165, 1.54) is 32.4 Å². The van der Waals surface area contributed by atoms with E-state index in [-0.39, 0.29) is 5.75 Å². The van der Waals surface area contributed by atoms with Gasteiger partial charge in [-0.25, -0.2) is 0 Å². The Morgan fingerprint density at radius 1 is 1.20 bits per heavy atom. The van der Waals surface area contributed by atoms with Gasteiger partial charge in [0.05, 0.1) is 6.10 Å². The van der Waals surface area contributed by atoms with Gasteiger partial charge in [0.25, 0.3) is 0 Å². The van der Waals surface area contributed by atoms with Crippen molar-refractivity contribution in [2.75, 3.05) is 31.1 Å². The SMILES string of the molecule is CC(O)c1ccc(N2CCCN3CCCC3C2)cc1O. The standard InChI is InChI=1S/C16H24N2O2/c1-12(19)15-6-5-13(10-16(15)20)18-9-3-8-17-7-2-4-14(17)11-18/h5-6,10,12,14,19-20H,2-4,7-9,11H2,1H3. The van der Waals surface area contributed by atoms with Crippen LogP contribution in [0.15, 0.2) is 18.2 Å². The molecule has 2 heterocycles. The van der Waals surface area contributed by atoms with Crippen LogP contribution in [0.5, 0.6) is 5.75 Å². The molecular formula is C16H24N2O2. The Morgan fingerprint density at radius 2 is 2.00 bits per heavy atom. The van der Waals surface area contributed by atoms with Gasteiger partial charge in [0.15, 0.2) is 0 Å². The van der Waals surface area contributed by atoms with Gasteiger partial charge in [0.2, 0.25) is 0 Å². The third-order valence-electron chi connectivity index (χ3n) is 4.63. The smallest absolute Gasteiger partial charge is 0.123 e. The van der Waals surface area contributed by atoms with Gasteiger partial charge in [-0.1, -0.05) is 6.07 Å². The summed E-state index contributed by atoms with van der Waals surface area (Å²) in [6, 6.07) is 6.32. The first-order valence-corrected chi connectivity index (χ1v) is 7.65. The summed E-state index contributed by atoms with van der Waals surface area (Å²) in [6.45, 7) is 6.20. The van der Waals surface area contributed by atoms with Gasteiger partial charge < -0.3 is 15.1 Å². The van der Waals surface area contributed by atoms with Crippen LogP contribution in [0.4, 0.5) is 5.69 Å². The molecule has 1 aromatic rings. The third kappa shape index (κ3) is 2.63. The van der Waals surface area contributed by atoms with E-state index in [1.807, 2.05) is 12.1 Å². The second-order valence-corrected chi connectivity index (χ2v) is 6.05. The van der Waals surface area contributed by atoms with Gasteiger partial charge in [-0.3, -0.25) is 4.90 Å². The largest absolute Gasteiger partial charge is 0.507 e. The lowest BCUT2D eigenvalue weighted by Crippen LogP contribution is -2.36. The first kappa shape index (κ1) is 13.7. The maximum atomic E-state index is 10.1. The quantitative estimate of drug-likeness (QED) is 0.868. The average molecular weight is 276 g/mol. The van der Waals surface area contributed by atoms with Crippen molar-refractivity contribution in [2.45, 2.75) is 38.3 Å². The number of aliphatic hydroxyl groups is 1. The highest BCUT2D eigenvalue weighted by Crippen LogP contribution is 2.31. The molecule has 0 amide bonds. The minimum atomic E-state index is -0.626. The number of hydrogen-bond acceptors (Lipinski definition) is 4. The zero-order valence-corrected chi connectivity index (χ0v) is 12.1. The lowest BCUT2D eigenvalue weighted by Gasteiger charge is -2.27. The van der Waals surface area contributed by atoms with Crippen molar-refractivity contribution in [3.8, 4) is 5.75 Å². The molecule has 2 atom stereocenters. The molecule has 1 aromatic carbocycles. The van der Waals surface area contributed by atoms with Crippen molar-refractivity contribution in [3.63, 3.8) is 0 Å². The van der Waals surface area contributed by atoms with E-state index in [4.69, 9.17) is 0 Å². The van der Waals surface area contributed by atoms with Crippen LogP contribution in [0.25, 0.3) is 0 Å². The molecule has 0 bridgehead atoms. The zero-order chi connectivity index (χ0) is 14.1. The van der Waals surface area contributed by atoms with Gasteiger partial charge in [-0.2, -0.15) is 0 Å². The molecule has 20 heavy (non-hydrogen) atoms. The minimum absolute atomic E-state index is 0.199. The van der Waals surface area contributed by atoms with Gasteiger partial charge in [0, 0.05) is 43.0 Å². The summed E-state index contributed by atoms with van der Waals surface area (Å²) in [5, 5.41) is 19.6. The molecule has 4 heteroatoms. The first-order valence-electron chi connectivity index (χ1n) is 7.65. The normalized spacial score (nSPS) is 25.3. The van der Waals surface area contributed by atoms with Gasteiger partial charge in [-0.15, -0.1) is 0 Å². The van der Waals surface area contributed by atoms with Gasteiger partial charge >= 0.3 is 0 Å². The molecule has 2 aliphatic rings. The number of hydrogen-bond donors (Lipinski definition) is 2. The fourth-order valence-electron chi connectivity index (χ4n) is 3.52. The summed E-state index contributed by atoms with van der Waals surface area (Å²) in [6.07, 6.45) is 3.15. The van der Waals surface area contributed by atoms with Gasteiger partial charge in [-0.05, 0) is 38.8 Å². The van der Waals surface area contributed by atoms with E-state index in [9.17, 15) is 10.2 Å². The molecule has 4 nitrogen and oxygen atoms in total. The molecule has 110 valence electrons. The summed E-state index contributed by atoms with van der Waals surface area (Å²) in [7, 11) is 0. The topological polar surface area (TPSA) is 46.9 Å². The Morgan fingerprint density at radius 3 is 2.75 bits per heavy atom. The first-order chi connectivity index (χ1) is 9.65. The van der Waals surface area contributed by atoms with Crippen molar-refractivity contribution in [3.05, 3.63) is 23.8 Å². The van der Waals surface area contributed by atoms with Crippen molar-refractivity contribution in [1.29, 1.82) is 0 Å². The number of phenols is 1. The number of fused-ring (bicyclic) bond motifs is 1. The summed E-state index contributed by atoms with van der Waals surface area (Å²) >= 11 is 0. The molecule has 2 unspecified atom stereocenters. The summed E-state index contributed by atoms with van der Waals surface area (Å²) < 4.78 is 0. The van der Waals surface area contributed by atoms with Crippen LogP contribution in [-0.2, 0) is 0 Å². The molecule has 2 aliphatic heterocycles. The van der Waals surface area contributed by atoms with Crippen LogP contribution >= 0.6 is 0 Å². The van der Waals surface area contributed by atoms with Gasteiger partial charge in [0.1, 0.15) is 5.75 Å². The van der Waals surface area contributed by atoms with E-state index in [0.29, 0.717) is 11.6 Å². The number of rotatable bonds is 2. The zero-order valence-electron chi connectivity index (χ0n) is 12.1. The Hall–Kier alpha value is -1.26. The maximum absolute atomic E-state index is 10.1. The van der Waals surface area contributed by atoms with Crippen molar-refractivity contribution in [2.24, 2.45) is 0 Å². The average Bonchev–Trinajstić information content (AvgIpc) is 2.75. The Bertz CT molecular complexity index is 476. The Labute approximate surface area is 120 Å². The summed E-state index contributed by atoms with van der Waals surface area (Å²) in [4.78, 5) is 4.98. The highest BCUT2D eigenvalue weighted by Gasteiger charge is 2.28. The third-order valence-corrected chi connectivity index (χ3v) is 4.63. The van der Waals surface area contributed by atoms with E-state index in [1.54, 1.807) is 13.0 Å². The molecule has 0 aliphatic carbocycles. The number of nitrogens with zero attached hydrogens (tertiary/aromatic N) is 2. The highest BCUT2D eigenvalue weighted by atomic mass is 16.3. The summed E-state index contributed by atoms with van der Waals surface area (Å²) in [5.74, 6) is 0.199. The van der Waals surface area contributed by atoms with Crippen LogP contribution in [0.3, 0.4) is 0 Å². The predicted octanol–water partition coefficient (Wildman–Crippen LogP) is 2.12. The highest BCUT2D eigenvalue weighted by molar-refractivity contribution is 5.54. The van der Waals surface area contributed by atoms with E-state index in [2.05, 4.69) is 9.80 Å². The van der Waals surface area contributed by atoms with Crippen molar-refractivity contribution >= 4 is 5.69 Å². The molecule has 2 fully saturated rings. The molecule has 2 saturated heterocycles. The molecule has 0 saturated carbocycles. The van der Waals surface area contributed by atoms with Crippen molar-refractivity contribution < 1.29 is 10.2 Å². The minimum Gasteiger partial charge on any atom is -0.507 e. The fourth-order valence-corrected chi connectivity index (χ4v) is 3.52. The number of benzene rings is 1. The molecule has 0 spiro atoms. The number of anilines is 1. The van der Waals surface area contributed by atoms with Crippen LogP contribution in [0.2, 0.25) is 0 Å². The Kier molecular flexibility index (Phi) is 3.85. The van der Waals surface area contributed by atoms with Crippen LogP contribution in [0, 0.1) is 0 Å². The monoisotopic (exact) mass is 276 g/mol. The number of phenolic OH excluding ortho intramolecular Hbond substituents is 1. The molecule has 0 radical (unpaired) electrons. The fraction of sp³-hybridized carbons (Fsp3) is 0.625. The molecule has 2 N–H and O–H groups in total. The lowest BCUT2D eigenvalue weighted by atomic mass is 10.1. The predicted molar refractivity (Wildman–Crippen MR) is 80.2 cm³/mol.